The van der Waals surface area contributed by atoms with Gasteiger partial charge in [-0.15, -0.1) is 0 Å². The zero-order valence-electron chi connectivity index (χ0n) is 18.3. The van der Waals surface area contributed by atoms with E-state index in [-0.39, 0.29) is 6.03 Å². The summed E-state index contributed by atoms with van der Waals surface area (Å²) in [5.74, 6) is 0.893. The summed E-state index contributed by atoms with van der Waals surface area (Å²) in [5, 5.41) is 7.85. The number of benzene rings is 1. The Hall–Kier alpha value is -3.09. The van der Waals surface area contributed by atoms with Crippen LogP contribution in [0.2, 0.25) is 0 Å². The molecular weight excluding hydrogens is 376 g/mol. The van der Waals surface area contributed by atoms with Gasteiger partial charge in [0.15, 0.2) is 5.82 Å². The zero-order valence-corrected chi connectivity index (χ0v) is 18.3. The van der Waals surface area contributed by atoms with E-state index in [4.69, 9.17) is 5.10 Å². The first-order valence-electron chi connectivity index (χ1n) is 10.7. The minimum absolute atomic E-state index is 0.0724. The van der Waals surface area contributed by atoms with Crippen molar-refractivity contribution in [2.45, 2.75) is 53.1 Å². The first kappa shape index (κ1) is 20.2. The van der Waals surface area contributed by atoms with Crippen LogP contribution in [0, 0.1) is 6.92 Å². The fourth-order valence-electron chi connectivity index (χ4n) is 4.17. The maximum atomic E-state index is 13.0. The van der Waals surface area contributed by atoms with Crippen LogP contribution in [-0.4, -0.2) is 36.8 Å². The van der Waals surface area contributed by atoms with Gasteiger partial charge in [-0.1, -0.05) is 26.0 Å². The van der Waals surface area contributed by atoms with Crippen LogP contribution in [0.4, 0.5) is 10.5 Å². The van der Waals surface area contributed by atoms with Crippen LogP contribution in [0.25, 0.3) is 11.5 Å². The first-order valence-corrected chi connectivity index (χ1v) is 10.7. The molecule has 0 aliphatic carbocycles. The van der Waals surface area contributed by atoms with Crippen LogP contribution in [0.1, 0.15) is 42.8 Å². The standard InChI is InChI=1S/C23H30N6O/c1-5-11-29-16(3)14-24-22(29)21-19-15-28(12-10-20(19)27(4)26-21)23(30)25-18-9-7-8-17(6-2)13-18/h7-9,13-14H,5-6,10-12,15H2,1-4H3,(H,25,30). The number of imidazole rings is 1. The van der Waals surface area contributed by atoms with Gasteiger partial charge < -0.3 is 14.8 Å². The lowest BCUT2D eigenvalue weighted by Crippen LogP contribution is -2.39. The van der Waals surface area contributed by atoms with E-state index in [1.807, 2.05) is 41.0 Å². The van der Waals surface area contributed by atoms with Crippen LogP contribution in [0.3, 0.4) is 0 Å². The normalized spacial score (nSPS) is 13.4. The summed E-state index contributed by atoms with van der Waals surface area (Å²) >= 11 is 0. The second kappa shape index (κ2) is 8.34. The first-order chi connectivity index (χ1) is 14.5. The smallest absolute Gasteiger partial charge is 0.322 e. The van der Waals surface area contributed by atoms with E-state index in [0.29, 0.717) is 13.1 Å². The molecule has 0 saturated carbocycles. The third-order valence-corrected chi connectivity index (χ3v) is 5.83. The van der Waals surface area contributed by atoms with Gasteiger partial charge >= 0.3 is 6.03 Å². The van der Waals surface area contributed by atoms with Crippen molar-refractivity contribution in [1.29, 1.82) is 0 Å². The molecule has 30 heavy (non-hydrogen) atoms. The molecule has 0 bridgehead atoms. The summed E-state index contributed by atoms with van der Waals surface area (Å²) in [7, 11) is 1.98. The zero-order chi connectivity index (χ0) is 21.3. The van der Waals surface area contributed by atoms with E-state index in [1.165, 1.54) is 11.3 Å². The Morgan fingerprint density at radius 2 is 2.10 bits per heavy atom. The van der Waals surface area contributed by atoms with Gasteiger partial charge in [-0.25, -0.2) is 9.78 Å². The Kier molecular flexibility index (Phi) is 5.61. The van der Waals surface area contributed by atoms with E-state index < -0.39 is 0 Å². The molecule has 7 heteroatoms. The minimum atomic E-state index is -0.0724. The predicted octanol–water partition coefficient (Wildman–Crippen LogP) is 4.15. The number of nitrogens with zero attached hydrogens (tertiary/aromatic N) is 5. The minimum Gasteiger partial charge on any atom is -0.327 e. The van der Waals surface area contributed by atoms with Crippen LogP contribution >= 0.6 is 0 Å². The van der Waals surface area contributed by atoms with E-state index in [2.05, 4.69) is 41.7 Å². The lowest BCUT2D eigenvalue weighted by molar-refractivity contribution is 0.206. The molecule has 1 N–H and O–H groups in total. The highest BCUT2D eigenvalue weighted by molar-refractivity contribution is 5.89. The van der Waals surface area contributed by atoms with Crippen LogP contribution < -0.4 is 5.32 Å². The number of urea groups is 1. The molecule has 2 amide bonds. The van der Waals surface area contributed by atoms with Crippen molar-refractivity contribution in [3.05, 3.63) is 53.0 Å². The van der Waals surface area contributed by atoms with Gasteiger partial charge in [0.05, 0.1) is 6.54 Å². The number of fused-ring (bicyclic) bond motifs is 1. The molecule has 3 heterocycles. The second-order valence-electron chi connectivity index (χ2n) is 7.93. The molecule has 4 rings (SSSR count). The van der Waals surface area contributed by atoms with E-state index in [0.717, 1.165) is 54.3 Å². The Bertz CT molecular complexity index is 1060. The lowest BCUT2D eigenvalue weighted by atomic mass is 10.0. The van der Waals surface area contributed by atoms with Gasteiger partial charge in [0.1, 0.15) is 5.69 Å². The molecule has 0 radical (unpaired) electrons. The number of hydrogen-bond acceptors (Lipinski definition) is 3. The van der Waals surface area contributed by atoms with Crippen LogP contribution in [0.5, 0.6) is 0 Å². The number of aromatic nitrogens is 4. The maximum Gasteiger partial charge on any atom is 0.322 e. The number of hydrogen-bond donors (Lipinski definition) is 1. The average molecular weight is 407 g/mol. The summed E-state index contributed by atoms with van der Waals surface area (Å²) in [4.78, 5) is 19.5. The van der Waals surface area contributed by atoms with E-state index in [9.17, 15) is 4.79 Å². The molecule has 0 unspecified atom stereocenters. The number of anilines is 1. The molecule has 1 aliphatic rings. The predicted molar refractivity (Wildman–Crippen MR) is 118 cm³/mol. The van der Waals surface area contributed by atoms with Gasteiger partial charge in [-0.3, -0.25) is 4.68 Å². The number of carbonyl (C=O) groups excluding carboxylic acids is 1. The van der Waals surface area contributed by atoms with Crippen molar-refractivity contribution in [1.82, 2.24) is 24.2 Å². The molecule has 0 saturated heterocycles. The SMILES string of the molecule is CCCn1c(C)cnc1-c1nn(C)c2c1CN(C(=O)Nc1cccc(CC)c1)CC2. The molecule has 158 valence electrons. The highest BCUT2D eigenvalue weighted by Gasteiger charge is 2.29. The monoisotopic (exact) mass is 406 g/mol. The van der Waals surface area contributed by atoms with Crippen molar-refractivity contribution < 1.29 is 4.79 Å². The van der Waals surface area contributed by atoms with Gasteiger partial charge in [-0.2, -0.15) is 5.10 Å². The topological polar surface area (TPSA) is 68.0 Å². The molecule has 0 fully saturated rings. The summed E-state index contributed by atoms with van der Waals surface area (Å²) in [6.45, 7) is 8.47. The number of amides is 2. The van der Waals surface area contributed by atoms with Crippen molar-refractivity contribution in [2.24, 2.45) is 7.05 Å². The molecule has 7 nitrogen and oxygen atoms in total. The highest BCUT2D eigenvalue weighted by atomic mass is 16.2. The van der Waals surface area contributed by atoms with Crippen molar-refractivity contribution >= 4 is 11.7 Å². The van der Waals surface area contributed by atoms with Crippen molar-refractivity contribution in [3.63, 3.8) is 0 Å². The third-order valence-electron chi connectivity index (χ3n) is 5.83. The number of nitrogens with one attached hydrogen (secondary N) is 1. The molecule has 2 aromatic heterocycles. The molecule has 1 aliphatic heterocycles. The van der Waals surface area contributed by atoms with E-state index >= 15 is 0 Å². The quantitative estimate of drug-likeness (QED) is 0.692. The molecule has 1 aromatic carbocycles. The van der Waals surface area contributed by atoms with E-state index in [1.54, 1.807) is 0 Å². The fourth-order valence-corrected chi connectivity index (χ4v) is 4.17. The van der Waals surface area contributed by atoms with Gasteiger partial charge in [-0.05, 0) is 37.5 Å². The Labute approximate surface area is 177 Å². The highest BCUT2D eigenvalue weighted by Crippen LogP contribution is 2.30. The van der Waals surface area contributed by atoms with Crippen LogP contribution in [-0.2, 0) is 33.0 Å². The van der Waals surface area contributed by atoms with Crippen molar-refractivity contribution in [2.75, 3.05) is 11.9 Å². The average Bonchev–Trinajstić information content (AvgIpc) is 3.28. The second-order valence-corrected chi connectivity index (χ2v) is 7.93. The maximum absolute atomic E-state index is 13.0. The molecule has 0 spiro atoms. The summed E-state index contributed by atoms with van der Waals surface area (Å²) in [6, 6.07) is 7.96. The number of rotatable bonds is 5. The Morgan fingerprint density at radius 1 is 1.27 bits per heavy atom. The van der Waals surface area contributed by atoms with Crippen LogP contribution in [0.15, 0.2) is 30.5 Å². The molecule has 3 aromatic rings. The largest absolute Gasteiger partial charge is 0.327 e. The summed E-state index contributed by atoms with van der Waals surface area (Å²) in [6.07, 6.45) is 4.67. The number of carbonyl (C=O) groups is 1. The molecular formula is C23H30N6O. The fraction of sp³-hybridized carbons (Fsp3) is 0.435. The Balaban J connectivity index is 1.60. The Morgan fingerprint density at radius 3 is 2.87 bits per heavy atom. The summed E-state index contributed by atoms with van der Waals surface area (Å²) < 4.78 is 4.17. The van der Waals surface area contributed by atoms with Gasteiger partial charge in [0.25, 0.3) is 0 Å². The number of aryl methyl sites for hydroxylation is 3. The van der Waals surface area contributed by atoms with Gasteiger partial charge in [0.2, 0.25) is 0 Å². The third kappa shape index (κ3) is 3.72. The summed E-state index contributed by atoms with van der Waals surface area (Å²) in [5.41, 5.74) is 6.36. The van der Waals surface area contributed by atoms with Gasteiger partial charge in [0, 0.05) is 55.4 Å². The lowest BCUT2D eigenvalue weighted by Gasteiger charge is -2.28. The van der Waals surface area contributed by atoms with Crippen molar-refractivity contribution in [3.8, 4) is 11.5 Å². The molecule has 0 atom stereocenters.